The Bertz CT molecular complexity index is 1520. The minimum absolute atomic E-state index is 0.766. The zero-order valence-electron chi connectivity index (χ0n) is 16.7. The molecule has 0 radical (unpaired) electrons. The topological polar surface area (TPSA) is 25.8 Å². The molecule has 6 aromatic rings. The van der Waals surface area contributed by atoms with Crippen LogP contribution >= 0.6 is 11.3 Å². The predicted octanol–water partition coefficient (Wildman–Crippen LogP) is 7.85. The maximum absolute atomic E-state index is 4.93. The Balaban J connectivity index is 1.43. The van der Waals surface area contributed by atoms with Crippen LogP contribution in [0.25, 0.3) is 53.9 Å². The van der Waals surface area contributed by atoms with E-state index in [-0.39, 0.29) is 0 Å². The summed E-state index contributed by atoms with van der Waals surface area (Å²) in [6.07, 6.45) is 1.86. The molecule has 0 N–H and O–H groups in total. The molecule has 3 heteroatoms. The molecule has 0 bridgehead atoms. The van der Waals surface area contributed by atoms with Gasteiger partial charge in [0.25, 0.3) is 0 Å². The molecule has 0 amide bonds. The molecule has 0 atom stereocenters. The summed E-state index contributed by atoms with van der Waals surface area (Å²) in [6, 6.07) is 35.9. The van der Waals surface area contributed by atoms with Gasteiger partial charge in [-0.25, -0.2) is 9.97 Å². The standard InChI is InChI=1S/C28H18N2S/c1-2-7-19(8-3-1)20-13-15-21(16-14-20)25-17-18-29-28(30-25)24-11-6-10-23-22-9-4-5-12-26(22)31-27(23)24/h1-18H. The highest BCUT2D eigenvalue weighted by Gasteiger charge is 2.12. The molecule has 6 rings (SSSR count). The van der Waals surface area contributed by atoms with Gasteiger partial charge in [0.15, 0.2) is 5.82 Å². The molecular weight excluding hydrogens is 396 g/mol. The maximum Gasteiger partial charge on any atom is 0.161 e. The molecule has 0 unspecified atom stereocenters. The second-order valence-corrected chi connectivity index (χ2v) is 8.54. The van der Waals surface area contributed by atoms with Gasteiger partial charge in [-0.05, 0) is 29.3 Å². The van der Waals surface area contributed by atoms with Crippen molar-refractivity contribution in [3.05, 3.63) is 109 Å². The van der Waals surface area contributed by atoms with Crippen LogP contribution in [0.4, 0.5) is 0 Å². The van der Waals surface area contributed by atoms with Crippen molar-refractivity contribution in [1.82, 2.24) is 9.97 Å². The lowest BCUT2D eigenvalue weighted by Gasteiger charge is -2.07. The number of rotatable bonds is 3. The van der Waals surface area contributed by atoms with Crippen molar-refractivity contribution in [2.24, 2.45) is 0 Å². The van der Waals surface area contributed by atoms with E-state index in [0.717, 1.165) is 22.6 Å². The van der Waals surface area contributed by atoms with E-state index < -0.39 is 0 Å². The third-order valence-electron chi connectivity index (χ3n) is 5.59. The SMILES string of the molecule is c1ccc(-c2ccc(-c3ccnc(-c4cccc5c4sc4ccccc45)n3)cc2)cc1. The molecule has 2 nitrogen and oxygen atoms in total. The Kier molecular flexibility index (Phi) is 4.33. The number of hydrogen-bond acceptors (Lipinski definition) is 3. The van der Waals surface area contributed by atoms with Crippen LogP contribution in [0.15, 0.2) is 109 Å². The van der Waals surface area contributed by atoms with Crippen LogP contribution in [0.2, 0.25) is 0 Å². The summed E-state index contributed by atoms with van der Waals surface area (Å²) < 4.78 is 2.53. The summed E-state index contributed by atoms with van der Waals surface area (Å²) in [4.78, 5) is 9.55. The highest BCUT2D eigenvalue weighted by molar-refractivity contribution is 7.26. The number of nitrogens with zero attached hydrogens (tertiary/aromatic N) is 2. The minimum atomic E-state index is 0.766. The summed E-state index contributed by atoms with van der Waals surface area (Å²) >= 11 is 1.80. The van der Waals surface area contributed by atoms with Crippen molar-refractivity contribution >= 4 is 31.5 Å². The van der Waals surface area contributed by atoms with Crippen LogP contribution < -0.4 is 0 Å². The number of thiophene rings is 1. The molecular formula is C28H18N2S. The summed E-state index contributed by atoms with van der Waals surface area (Å²) in [5.74, 6) is 0.766. The smallest absolute Gasteiger partial charge is 0.161 e. The molecule has 2 aromatic heterocycles. The second-order valence-electron chi connectivity index (χ2n) is 7.49. The Morgan fingerprint density at radius 2 is 1.26 bits per heavy atom. The summed E-state index contributed by atoms with van der Waals surface area (Å²) in [5, 5.41) is 2.55. The molecule has 4 aromatic carbocycles. The van der Waals surface area contributed by atoms with Gasteiger partial charge >= 0.3 is 0 Å². The van der Waals surface area contributed by atoms with E-state index in [0.29, 0.717) is 0 Å². The minimum Gasteiger partial charge on any atom is -0.236 e. The normalized spacial score (nSPS) is 11.2. The third kappa shape index (κ3) is 3.20. The number of hydrogen-bond donors (Lipinski definition) is 0. The fourth-order valence-corrected chi connectivity index (χ4v) is 5.25. The van der Waals surface area contributed by atoms with Gasteiger partial charge < -0.3 is 0 Å². The van der Waals surface area contributed by atoms with E-state index in [4.69, 9.17) is 4.98 Å². The number of fused-ring (bicyclic) bond motifs is 3. The van der Waals surface area contributed by atoms with E-state index in [2.05, 4.69) is 96.0 Å². The van der Waals surface area contributed by atoms with Crippen molar-refractivity contribution in [2.75, 3.05) is 0 Å². The van der Waals surface area contributed by atoms with Crippen LogP contribution in [-0.4, -0.2) is 9.97 Å². The van der Waals surface area contributed by atoms with Crippen molar-refractivity contribution in [1.29, 1.82) is 0 Å². The average Bonchev–Trinajstić information content (AvgIpc) is 3.24. The van der Waals surface area contributed by atoms with Crippen LogP contribution in [0.1, 0.15) is 0 Å². The van der Waals surface area contributed by atoms with Crippen LogP contribution in [0.5, 0.6) is 0 Å². The van der Waals surface area contributed by atoms with E-state index in [1.165, 1.54) is 31.3 Å². The highest BCUT2D eigenvalue weighted by atomic mass is 32.1. The lowest BCUT2D eigenvalue weighted by Crippen LogP contribution is -1.92. The molecule has 31 heavy (non-hydrogen) atoms. The first-order valence-electron chi connectivity index (χ1n) is 10.3. The van der Waals surface area contributed by atoms with Gasteiger partial charge in [0.2, 0.25) is 0 Å². The lowest BCUT2D eigenvalue weighted by molar-refractivity contribution is 1.18. The van der Waals surface area contributed by atoms with E-state index in [9.17, 15) is 0 Å². The Morgan fingerprint density at radius 1 is 0.548 bits per heavy atom. The molecule has 146 valence electrons. The van der Waals surface area contributed by atoms with Gasteiger partial charge in [-0.1, -0.05) is 84.9 Å². The zero-order chi connectivity index (χ0) is 20.6. The number of aromatic nitrogens is 2. The van der Waals surface area contributed by atoms with Gasteiger partial charge in [-0.15, -0.1) is 11.3 Å². The molecule has 0 fully saturated rings. The Hall–Kier alpha value is -3.82. The van der Waals surface area contributed by atoms with E-state index >= 15 is 0 Å². The van der Waals surface area contributed by atoms with Crippen molar-refractivity contribution < 1.29 is 0 Å². The van der Waals surface area contributed by atoms with Crippen LogP contribution in [-0.2, 0) is 0 Å². The second kappa shape index (κ2) is 7.46. The van der Waals surface area contributed by atoms with Gasteiger partial charge in [-0.2, -0.15) is 0 Å². The quantitative estimate of drug-likeness (QED) is 0.295. The Morgan fingerprint density at radius 3 is 2.13 bits per heavy atom. The third-order valence-corrected chi connectivity index (χ3v) is 6.81. The predicted molar refractivity (Wildman–Crippen MR) is 131 cm³/mol. The molecule has 2 heterocycles. The van der Waals surface area contributed by atoms with E-state index in [1.807, 2.05) is 18.3 Å². The molecule has 0 saturated carbocycles. The summed E-state index contributed by atoms with van der Waals surface area (Å²) in [7, 11) is 0. The fourth-order valence-electron chi connectivity index (χ4n) is 4.04. The lowest BCUT2D eigenvalue weighted by atomic mass is 10.0. The first-order valence-corrected chi connectivity index (χ1v) is 11.1. The first kappa shape index (κ1) is 18.0. The van der Waals surface area contributed by atoms with Crippen molar-refractivity contribution in [3.8, 4) is 33.8 Å². The zero-order valence-corrected chi connectivity index (χ0v) is 17.5. The fraction of sp³-hybridized carbons (Fsp3) is 0. The van der Waals surface area contributed by atoms with Gasteiger partial charge in [-0.3, -0.25) is 0 Å². The maximum atomic E-state index is 4.93. The van der Waals surface area contributed by atoms with E-state index in [1.54, 1.807) is 11.3 Å². The Labute approximate surface area is 184 Å². The molecule has 0 aliphatic carbocycles. The summed E-state index contributed by atoms with van der Waals surface area (Å²) in [5.41, 5.74) is 5.53. The van der Waals surface area contributed by atoms with Gasteiger partial charge in [0.1, 0.15) is 0 Å². The molecule has 0 saturated heterocycles. The van der Waals surface area contributed by atoms with Crippen molar-refractivity contribution in [3.63, 3.8) is 0 Å². The first-order chi connectivity index (χ1) is 15.4. The monoisotopic (exact) mass is 414 g/mol. The number of benzene rings is 4. The highest BCUT2D eigenvalue weighted by Crippen LogP contribution is 2.39. The van der Waals surface area contributed by atoms with Crippen molar-refractivity contribution in [2.45, 2.75) is 0 Å². The van der Waals surface area contributed by atoms with Crippen LogP contribution in [0, 0.1) is 0 Å². The average molecular weight is 415 g/mol. The molecule has 0 aliphatic rings. The van der Waals surface area contributed by atoms with Gasteiger partial charge in [0.05, 0.1) is 5.69 Å². The summed E-state index contributed by atoms with van der Waals surface area (Å²) in [6.45, 7) is 0. The van der Waals surface area contributed by atoms with Gasteiger partial charge in [0, 0.05) is 37.5 Å². The molecule has 0 spiro atoms. The molecule has 0 aliphatic heterocycles. The van der Waals surface area contributed by atoms with Crippen LogP contribution in [0.3, 0.4) is 0 Å². The largest absolute Gasteiger partial charge is 0.236 e.